The van der Waals surface area contributed by atoms with Crippen molar-refractivity contribution in [3.63, 3.8) is 0 Å². The zero-order chi connectivity index (χ0) is 87.7. The summed E-state index contributed by atoms with van der Waals surface area (Å²) in [7, 11) is 0. The molecular formula is C126H72N6O3. The fraction of sp³-hybridized carbons (Fsp3) is 0. The predicted octanol–water partition coefficient (Wildman–Crippen LogP) is 34.5. The van der Waals surface area contributed by atoms with Gasteiger partial charge in [-0.2, -0.15) is 0 Å². The van der Waals surface area contributed by atoms with Crippen LogP contribution in [0.4, 0.5) is 0 Å². The van der Waals surface area contributed by atoms with Gasteiger partial charge in [0.1, 0.15) is 33.5 Å². The van der Waals surface area contributed by atoms with Gasteiger partial charge in [-0.3, -0.25) is 0 Å². The molecule has 0 saturated heterocycles. The Morgan fingerprint density at radius 1 is 0.119 bits per heavy atom. The highest BCUT2D eigenvalue weighted by atomic mass is 16.3. The Bertz CT molecular complexity index is 10700. The SMILES string of the molecule is c1ccc2c(c1)oc1cc(-n3c4ccccc4c4cc(-c5cc6c7ccccc7n7c8ccccc8c(c5)c67)ccc43)ccc12.c1ccc2c(c1)oc1cc(-n3c4ccccc4c4ccc(-c5cc6c7ccccc7n7c8ccccc8c(c5)c67)cc43)ccc12.c1ccc2c(c1)oc1cc(-n3c4ccccc4c4ccc(-c5ccc6c(c5)c5cccc7c8ccccc8n6c75)cc43)ccc12. The highest BCUT2D eigenvalue weighted by Gasteiger charge is 2.27. The largest absolute Gasteiger partial charge is 0.456 e. The van der Waals surface area contributed by atoms with Crippen molar-refractivity contribution in [2.75, 3.05) is 0 Å². The summed E-state index contributed by atoms with van der Waals surface area (Å²) in [5.41, 5.74) is 34.6. The highest BCUT2D eigenvalue weighted by molar-refractivity contribution is 6.28. The van der Waals surface area contributed by atoms with Gasteiger partial charge in [0.25, 0.3) is 0 Å². The topological polar surface area (TPSA) is 67.4 Å². The molecule has 0 saturated carbocycles. The van der Waals surface area contributed by atoms with Gasteiger partial charge < -0.3 is 40.2 Å². The molecule has 9 heteroatoms. The van der Waals surface area contributed by atoms with Crippen LogP contribution in [0.3, 0.4) is 0 Å². The minimum Gasteiger partial charge on any atom is -0.456 e. The van der Waals surface area contributed by atoms with E-state index < -0.39 is 0 Å². The number of aromatic nitrogens is 6. The Labute approximate surface area is 767 Å². The van der Waals surface area contributed by atoms with Gasteiger partial charge in [0.05, 0.1) is 82.8 Å². The lowest BCUT2D eigenvalue weighted by Gasteiger charge is -2.10. The Morgan fingerprint density at radius 2 is 0.333 bits per heavy atom. The number of nitrogens with zero attached hydrogens (tertiary/aromatic N) is 6. The zero-order valence-electron chi connectivity index (χ0n) is 72.5. The third kappa shape index (κ3) is 10.2. The van der Waals surface area contributed by atoms with Gasteiger partial charge in [0, 0.05) is 165 Å². The molecule has 0 aliphatic rings. The lowest BCUT2D eigenvalue weighted by molar-refractivity contribution is 0.668. The molecule has 0 unspecified atom stereocenters. The molecular weight excluding hydrogens is 1650 g/mol. The molecule has 0 amide bonds. The summed E-state index contributed by atoms with van der Waals surface area (Å²) in [5, 5.41) is 29.9. The normalized spacial score (nSPS) is 12.4. The van der Waals surface area contributed by atoms with Crippen LogP contribution in [-0.2, 0) is 0 Å². The minimum atomic E-state index is 0.902. The Morgan fingerprint density at radius 3 is 0.719 bits per heavy atom. The monoisotopic (exact) mass is 1720 g/mol. The van der Waals surface area contributed by atoms with Gasteiger partial charge in [-0.05, 0) is 197 Å². The third-order valence-electron chi connectivity index (χ3n) is 29.5. The zero-order valence-corrected chi connectivity index (χ0v) is 72.5. The quantitative estimate of drug-likeness (QED) is 0.167. The molecule has 12 heterocycles. The van der Waals surface area contributed by atoms with E-state index in [4.69, 9.17) is 13.3 Å². The predicted molar refractivity (Wildman–Crippen MR) is 564 cm³/mol. The number of hydrogen-bond acceptors (Lipinski definition) is 3. The molecule has 0 radical (unpaired) electrons. The molecule has 33 rings (SSSR count). The van der Waals surface area contributed by atoms with E-state index in [1.54, 1.807) is 0 Å². The van der Waals surface area contributed by atoms with Crippen LogP contribution >= 0.6 is 0 Å². The number of fused-ring (bicyclic) bond motifs is 36. The second kappa shape index (κ2) is 27.2. The number of benzene rings is 21. The first-order valence-corrected chi connectivity index (χ1v) is 46.3. The van der Waals surface area contributed by atoms with E-state index in [-0.39, 0.29) is 0 Å². The maximum Gasteiger partial charge on any atom is 0.137 e. The average molecular weight is 1720 g/mol. The van der Waals surface area contributed by atoms with Crippen molar-refractivity contribution in [2.45, 2.75) is 0 Å². The van der Waals surface area contributed by atoms with E-state index in [9.17, 15) is 0 Å². The summed E-state index contributed by atoms with van der Waals surface area (Å²) in [6.45, 7) is 0. The van der Waals surface area contributed by atoms with Gasteiger partial charge >= 0.3 is 0 Å². The van der Waals surface area contributed by atoms with Gasteiger partial charge in [-0.1, -0.05) is 255 Å². The van der Waals surface area contributed by atoms with Crippen molar-refractivity contribution < 1.29 is 13.3 Å². The van der Waals surface area contributed by atoms with Crippen molar-refractivity contribution in [2.24, 2.45) is 0 Å². The van der Waals surface area contributed by atoms with Crippen LogP contribution in [0.1, 0.15) is 0 Å². The summed E-state index contributed by atoms with van der Waals surface area (Å²) in [6, 6.07) is 159. The molecule has 12 aromatic heterocycles. The van der Waals surface area contributed by atoms with E-state index in [2.05, 4.69) is 427 Å². The van der Waals surface area contributed by atoms with Gasteiger partial charge in [-0.25, -0.2) is 0 Å². The van der Waals surface area contributed by atoms with Crippen LogP contribution in [0.15, 0.2) is 450 Å². The smallest absolute Gasteiger partial charge is 0.137 e. The van der Waals surface area contributed by atoms with Crippen molar-refractivity contribution in [3.05, 3.63) is 437 Å². The van der Waals surface area contributed by atoms with E-state index in [1.165, 1.54) is 213 Å². The molecule has 0 spiro atoms. The van der Waals surface area contributed by atoms with Crippen LogP contribution in [0.2, 0.25) is 0 Å². The summed E-state index contributed by atoms with van der Waals surface area (Å²) in [6.07, 6.45) is 0. The maximum atomic E-state index is 6.32. The summed E-state index contributed by atoms with van der Waals surface area (Å²) >= 11 is 0. The number of furan rings is 3. The molecule has 135 heavy (non-hydrogen) atoms. The summed E-state index contributed by atoms with van der Waals surface area (Å²) in [5.74, 6) is 0. The van der Waals surface area contributed by atoms with Crippen molar-refractivity contribution in [1.82, 2.24) is 26.9 Å². The molecule has 33 aromatic rings. The van der Waals surface area contributed by atoms with E-state index in [0.717, 1.165) is 82.9 Å². The van der Waals surface area contributed by atoms with Gasteiger partial charge in [0.2, 0.25) is 0 Å². The third-order valence-corrected chi connectivity index (χ3v) is 29.5. The second-order valence-electron chi connectivity index (χ2n) is 36.5. The number of para-hydroxylation sites is 12. The molecule has 21 aromatic carbocycles. The molecule has 624 valence electrons. The van der Waals surface area contributed by atoms with Crippen LogP contribution in [-0.4, -0.2) is 26.9 Å². The van der Waals surface area contributed by atoms with Crippen molar-refractivity contribution >= 4 is 246 Å². The van der Waals surface area contributed by atoms with Gasteiger partial charge in [0.15, 0.2) is 0 Å². The van der Waals surface area contributed by atoms with Crippen LogP contribution in [0.25, 0.3) is 296 Å². The van der Waals surface area contributed by atoms with Gasteiger partial charge in [-0.15, -0.1) is 0 Å². The lowest BCUT2D eigenvalue weighted by Crippen LogP contribution is -1.93. The summed E-state index contributed by atoms with van der Waals surface area (Å²) in [4.78, 5) is 0. The molecule has 9 nitrogen and oxygen atoms in total. The minimum absolute atomic E-state index is 0.902. The first-order chi connectivity index (χ1) is 66.9. The number of rotatable bonds is 6. The second-order valence-corrected chi connectivity index (χ2v) is 36.5. The van der Waals surface area contributed by atoms with Crippen molar-refractivity contribution in [3.8, 4) is 50.4 Å². The van der Waals surface area contributed by atoms with E-state index in [1.807, 2.05) is 36.4 Å². The van der Waals surface area contributed by atoms with Crippen LogP contribution in [0, 0.1) is 0 Å². The number of hydrogen-bond donors (Lipinski definition) is 0. The van der Waals surface area contributed by atoms with Crippen LogP contribution < -0.4 is 0 Å². The van der Waals surface area contributed by atoms with Crippen molar-refractivity contribution in [1.29, 1.82) is 0 Å². The molecule has 0 aliphatic heterocycles. The first kappa shape index (κ1) is 72.7. The fourth-order valence-corrected chi connectivity index (χ4v) is 23.7. The average Bonchev–Trinajstić information content (AvgIpc) is 1.56. The standard InChI is InChI=1S/3C42H24N2O/c1-5-13-36-28(9-1)33-21-25(17-20-39(33)43(36)27-18-19-32-31-12-4-8-16-40(31)45-41(32)24-27)26-22-34-29-10-2-6-14-37(29)44-38-15-7-3-11-30(38)35(23-26)42(34)44;1-5-13-36-28(9-1)31-19-17-25(23-39(31)43(36)27-18-20-33-32-12-4-8-16-40(32)45-41(33)24-27)26-21-34-29-10-2-6-14-37(29)44-38-15-7-3-11-30(38)35(22-26)42(34)44;1-4-13-36-28(8-1)30-19-16-26(23-39(30)43(36)27-18-20-32-31-10-3-6-15-40(31)45-41(32)24-27)25-17-21-38-35(22-25)34-12-7-11-33-29-9-2-5-14-37(29)44(38)42(33)34/h3*1-24H. The Kier molecular flexibility index (Phi) is 14.7. The maximum absolute atomic E-state index is 6.32. The first-order valence-electron chi connectivity index (χ1n) is 46.3. The Hall–Kier alpha value is -18.2. The molecule has 0 bridgehead atoms. The summed E-state index contributed by atoms with van der Waals surface area (Å²) < 4.78 is 33.4. The fourth-order valence-electron chi connectivity index (χ4n) is 23.7. The molecule has 0 atom stereocenters. The molecule has 0 N–H and O–H groups in total. The molecule has 0 aliphatic carbocycles. The Balaban J connectivity index is 0.0000000945. The lowest BCUT2D eigenvalue weighted by atomic mass is 9.98. The van der Waals surface area contributed by atoms with E-state index in [0.29, 0.717) is 0 Å². The van der Waals surface area contributed by atoms with E-state index >= 15 is 0 Å². The highest BCUT2D eigenvalue weighted by Crippen LogP contribution is 2.49. The van der Waals surface area contributed by atoms with Crippen LogP contribution in [0.5, 0.6) is 0 Å². The molecule has 0 fully saturated rings.